The molecule has 116 valence electrons. The summed E-state index contributed by atoms with van der Waals surface area (Å²) in [5.74, 6) is 0.843. The number of amides is 1. The zero-order valence-corrected chi connectivity index (χ0v) is 13.7. The Morgan fingerprint density at radius 2 is 2.14 bits per heavy atom. The van der Waals surface area contributed by atoms with Gasteiger partial charge in [-0.05, 0) is 42.9 Å². The molecule has 0 aromatic heterocycles. The number of carbonyl (C=O) groups is 1. The Balaban J connectivity index is 1.87. The lowest BCUT2D eigenvalue weighted by molar-refractivity contribution is -0.132. The van der Waals surface area contributed by atoms with E-state index in [0.717, 1.165) is 31.0 Å². The standard InChI is InChI=1S/C17H25ClN2O/c1-3-16(14-6-8-15(18)9-7-14)19-11-17(21)20-10-4-5-13(2)12-20/h6-9,13,16,19H,3-5,10-12H2,1-2H3. The summed E-state index contributed by atoms with van der Waals surface area (Å²) in [5.41, 5.74) is 1.18. The highest BCUT2D eigenvalue weighted by atomic mass is 35.5. The lowest BCUT2D eigenvalue weighted by Crippen LogP contribution is -2.44. The first-order valence-electron chi connectivity index (χ1n) is 7.86. The van der Waals surface area contributed by atoms with Crippen molar-refractivity contribution >= 4 is 17.5 Å². The minimum Gasteiger partial charge on any atom is -0.341 e. The smallest absolute Gasteiger partial charge is 0.236 e. The largest absolute Gasteiger partial charge is 0.341 e. The summed E-state index contributed by atoms with van der Waals surface area (Å²) < 4.78 is 0. The first-order valence-corrected chi connectivity index (χ1v) is 8.24. The lowest BCUT2D eigenvalue weighted by Gasteiger charge is -2.31. The fourth-order valence-corrected chi connectivity index (χ4v) is 3.06. The summed E-state index contributed by atoms with van der Waals surface area (Å²) in [7, 11) is 0. The maximum absolute atomic E-state index is 12.3. The van der Waals surface area contributed by atoms with E-state index in [1.54, 1.807) is 0 Å². The van der Waals surface area contributed by atoms with E-state index in [2.05, 4.69) is 19.2 Å². The van der Waals surface area contributed by atoms with Gasteiger partial charge in [-0.2, -0.15) is 0 Å². The van der Waals surface area contributed by atoms with Crippen molar-refractivity contribution < 1.29 is 4.79 Å². The van der Waals surface area contributed by atoms with E-state index in [1.165, 1.54) is 12.0 Å². The molecule has 1 aliphatic rings. The third kappa shape index (κ3) is 4.72. The molecule has 0 saturated carbocycles. The van der Waals surface area contributed by atoms with Crippen LogP contribution < -0.4 is 5.32 Å². The van der Waals surface area contributed by atoms with Crippen molar-refractivity contribution in [1.29, 1.82) is 0 Å². The van der Waals surface area contributed by atoms with Crippen LogP contribution in [0.3, 0.4) is 0 Å². The molecule has 0 aliphatic carbocycles. The summed E-state index contributed by atoms with van der Waals surface area (Å²) in [6.45, 7) is 6.56. The van der Waals surface area contributed by atoms with Crippen molar-refractivity contribution in [2.45, 2.75) is 39.2 Å². The Morgan fingerprint density at radius 1 is 1.43 bits per heavy atom. The van der Waals surface area contributed by atoms with Gasteiger partial charge in [-0.3, -0.25) is 4.79 Å². The number of halogens is 1. The second-order valence-corrected chi connectivity index (χ2v) is 6.42. The molecular formula is C17H25ClN2O. The second kappa shape index (κ2) is 7.81. The Labute approximate surface area is 132 Å². The third-order valence-electron chi connectivity index (χ3n) is 4.19. The predicted molar refractivity (Wildman–Crippen MR) is 87.5 cm³/mol. The van der Waals surface area contributed by atoms with Gasteiger partial charge in [0.1, 0.15) is 0 Å². The molecule has 21 heavy (non-hydrogen) atoms. The number of likely N-dealkylation sites (tertiary alicyclic amines) is 1. The number of nitrogens with zero attached hydrogens (tertiary/aromatic N) is 1. The molecule has 1 N–H and O–H groups in total. The molecule has 0 spiro atoms. The Bertz CT molecular complexity index is 460. The summed E-state index contributed by atoms with van der Waals surface area (Å²) in [5, 5.41) is 4.13. The molecule has 2 rings (SSSR count). The van der Waals surface area contributed by atoms with E-state index in [1.807, 2.05) is 29.2 Å². The van der Waals surface area contributed by atoms with Crippen molar-refractivity contribution in [3.8, 4) is 0 Å². The molecule has 1 saturated heterocycles. The van der Waals surface area contributed by atoms with E-state index in [0.29, 0.717) is 12.5 Å². The Hall–Kier alpha value is -1.06. The van der Waals surface area contributed by atoms with E-state index >= 15 is 0 Å². The molecule has 1 heterocycles. The molecule has 2 atom stereocenters. The van der Waals surface area contributed by atoms with Gasteiger partial charge in [0.05, 0.1) is 6.54 Å². The van der Waals surface area contributed by atoms with Crippen LogP contribution in [0, 0.1) is 5.92 Å². The van der Waals surface area contributed by atoms with Crippen LogP contribution >= 0.6 is 11.6 Å². The van der Waals surface area contributed by atoms with Crippen molar-refractivity contribution in [3.63, 3.8) is 0 Å². The van der Waals surface area contributed by atoms with Gasteiger partial charge in [-0.1, -0.05) is 37.6 Å². The fraction of sp³-hybridized carbons (Fsp3) is 0.588. The molecule has 0 radical (unpaired) electrons. The van der Waals surface area contributed by atoms with Crippen LogP contribution in [0.15, 0.2) is 24.3 Å². The van der Waals surface area contributed by atoms with Gasteiger partial charge in [-0.25, -0.2) is 0 Å². The van der Waals surface area contributed by atoms with Gasteiger partial charge in [0, 0.05) is 24.2 Å². The van der Waals surface area contributed by atoms with Crippen LogP contribution in [-0.2, 0) is 4.79 Å². The van der Waals surface area contributed by atoms with Crippen LogP contribution in [0.2, 0.25) is 5.02 Å². The Kier molecular flexibility index (Phi) is 6.07. The molecule has 1 aliphatic heterocycles. The highest BCUT2D eigenvalue weighted by molar-refractivity contribution is 6.30. The summed E-state index contributed by atoms with van der Waals surface area (Å²) >= 11 is 5.92. The van der Waals surface area contributed by atoms with Gasteiger partial charge in [0.2, 0.25) is 5.91 Å². The molecule has 1 amide bonds. The van der Waals surface area contributed by atoms with Crippen LogP contribution in [0.4, 0.5) is 0 Å². The molecule has 2 unspecified atom stereocenters. The third-order valence-corrected chi connectivity index (χ3v) is 4.44. The predicted octanol–water partition coefficient (Wildman–Crippen LogP) is 3.64. The molecular weight excluding hydrogens is 284 g/mol. The summed E-state index contributed by atoms with van der Waals surface area (Å²) in [4.78, 5) is 14.3. The monoisotopic (exact) mass is 308 g/mol. The number of piperidine rings is 1. The van der Waals surface area contributed by atoms with Crippen LogP contribution in [0.25, 0.3) is 0 Å². The quantitative estimate of drug-likeness (QED) is 0.900. The number of rotatable bonds is 5. The molecule has 1 aromatic rings. The van der Waals surface area contributed by atoms with Crippen molar-refractivity contribution in [1.82, 2.24) is 10.2 Å². The first kappa shape index (κ1) is 16.3. The summed E-state index contributed by atoms with van der Waals surface area (Å²) in [6.07, 6.45) is 3.31. The van der Waals surface area contributed by atoms with E-state index in [9.17, 15) is 4.79 Å². The van der Waals surface area contributed by atoms with Crippen LogP contribution in [-0.4, -0.2) is 30.4 Å². The number of hydrogen-bond donors (Lipinski definition) is 1. The maximum atomic E-state index is 12.3. The van der Waals surface area contributed by atoms with Crippen LogP contribution in [0.1, 0.15) is 44.7 Å². The summed E-state index contributed by atoms with van der Waals surface area (Å²) in [6, 6.07) is 8.05. The van der Waals surface area contributed by atoms with Crippen molar-refractivity contribution in [3.05, 3.63) is 34.9 Å². The fourth-order valence-electron chi connectivity index (χ4n) is 2.93. The lowest BCUT2D eigenvalue weighted by atomic mass is 10.0. The number of benzene rings is 1. The van der Waals surface area contributed by atoms with Crippen molar-refractivity contribution in [2.24, 2.45) is 5.92 Å². The highest BCUT2D eigenvalue weighted by Crippen LogP contribution is 2.19. The van der Waals surface area contributed by atoms with E-state index < -0.39 is 0 Å². The zero-order chi connectivity index (χ0) is 15.2. The first-order chi connectivity index (χ1) is 10.1. The average molecular weight is 309 g/mol. The zero-order valence-electron chi connectivity index (χ0n) is 12.9. The van der Waals surface area contributed by atoms with Gasteiger partial charge >= 0.3 is 0 Å². The van der Waals surface area contributed by atoms with Gasteiger partial charge in [-0.15, -0.1) is 0 Å². The molecule has 0 bridgehead atoms. The highest BCUT2D eigenvalue weighted by Gasteiger charge is 2.21. The second-order valence-electron chi connectivity index (χ2n) is 5.98. The van der Waals surface area contributed by atoms with E-state index in [-0.39, 0.29) is 11.9 Å². The molecule has 3 nitrogen and oxygen atoms in total. The van der Waals surface area contributed by atoms with Gasteiger partial charge in [0.25, 0.3) is 0 Å². The maximum Gasteiger partial charge on any atom is 0.236 e. The minimum absolute atomic E-state index is 0.202. The van der Waals surface area contributed by atoms with Crippen LogP contribution in [0.5, 0.6) is 0 Å². The number of nitrogens with one attached hydrogen (secondary N) is 1. The van der Waals surface area contributed by atoms with Gasteiger partial charge < -0.3 is 10.2 Å². The van der Waals surface area contributed by atoms with E-state index in [4.69, 9.17) is 11.6 Å². The molecule has 1 aromatic carbocycles. The topological polar surface area (TPSA) is 32.3 Å². The number of carbonyl (C=O) groups excluding carboxylic acids is 1. The molecule has 4 heteroatoms. The number of hydrogen-bond acceptors (Lipinski definition) is 2. The molecule has 1 fully saturated rings. The average Bonchev–Trinajstić information content (AvgIpc) is 2.49. The normalized spacial score (nSPS) is 20.3. The minimum atomic E-state index is 0.202. The van der Waals surface area contributed by atoms with Gasteiger partial charge in [0.15, 0.2) is 0 Å². The SMILES string of the molecule is CCC(NCC(=O)N1CCCC(C)C1)c1ccc(Cl)cc1. The van der Waals surface area contributed by atoms with Crippen molar-refractivity contribution in [2.75, 3.05) is 19.6 Å². The Morgan fingerprint density at radius 3 is 2.76 bits per heavy atom.